The summed E-state index contributed by atoms with van der Waals surface area (Å²) < 4.78 is 12.0. The molecule has 6 nitrogen and oxygen atoms in total. The van der Waals surface area contributed by atoms with Crippen molar-refractivity contribution in [3.8, 4) is 0 Å². The topological polar surface area (TPSA) is 68.5 Å². The molecule has 1 amide bonds. The molecule has 3 heterocycles. The molecular formula is C18H23N3O3. The Labute approximate surface area is 141 Å². The second-order valence-electron chi connectivity index (χ2n) is 7.57. The number of hydrogen-bond donors (Lipinski definition) is 0. The Hall–Kier alpha value is -1.69. The summed E-state index contributed by atoms with van der Waals surface area (Å²) in [7, 11) is 0. The number of carbonyl (C=O) groups is 1. The number of amides is 1. The van der Waals surface area contributed by atoms with Gasteiger partial charge in [-0.3, -0.25) is 4.79 Å². The van der Waals surface area contributed by atoms with Crippen molar-refractivity contribution in [3.63, 3.8) is 0 Å². The zero-order valence-electron chi connectivity index (χ0n) is 13.8. The van der Waals surface area contributed by atoms with Gasteiger partial charge in [0.15, 0.2) is 0 Å². The predicted molar refractivity (Wildman–Crippen MR) is 85.1 cm³/mol. The molecule has 3 fully saturated rings. The summed E-state index contributed by atoms with van der Waals surface area (Å²) in [6.45, 7) is 1.53. The van der Waals surface area contributed by atoms with Gasteiger partial charge in [0.1, 0.15) is 6.10 Å². The molecule has 1 saturated carbocycles. The summed E-state index contributed by atoms with van der Waals surface area (Å²) in [6.07, 6.45) is 9.44. The second-order valence-corrected chi connectivity index (χ2v) is 7.57. The fraction of sp³-hybridized carbons (Fsp3) is 0.722. The van der Waals surface area contributed by atoms with Crippen molar-refractivity contribution in [1.82, 2.24) is 15.1 Å². The quantitative estimate of drug-likeness (QED) is 0.853. The van der Waals surface area contributed by atoms with E-state index in [9.17, 15) is 4.79 Å². The molecule has 1 aromatic heterocycles. The van der Waals surface area contributed by atoms with Crippen molar-refractivity contribution < 1.29 is 13.9 Å². The van der Waals surface area contributed by atoms with Crippen LogP contribution in [-0.2, 0) is 9.53 Å². The molecule has 0 bridgehead atoms. The van der Waals surface area contributed by atoms with Gasteiger partial charge in [0, 0.05) is 24.6 Å². The minimum atomic E-state index is -0.0965. The number of allylic oxidation sites excluding steroid dienone is 1. The maximum absolute atomic E-state index is 12.6. The van der Waals surface area contributed by atoms with E-state index in [1.807, 2.05) is 4.90 Å². The van der Waals surface area contributed by atoms with E-state index in [4.69, 9.17) is 9.15 Å². The lowest BCUT2D eigenvalue weighted by Gasteiger charge is -2.34. The van der Waals surface area contributed by atoms with Crippen molar-refractivity contribution in [2.45, 2.75) is 63.1 Å². The number of carbonyl (C=O) groups excluding carboxylic acids is 1. The van der Waals surface area contributed by atoms with E-state index in [1.165, 1.54) is 0 Å². The smallest absolute Gasteiger partial charge is 0.249 e. The fourth-order valence-corrected chi connectivity index (χ4v) is 4.21. The van der Waals surface area contributed by atoms with Gasteiger partial charge in [-0.15, -0.1) is 10.2 Å². The summed E-state index contributed by atoms with van der Waals surface area (Å²) >= 11 is 0. The molecular weight excluding hydrogens is 306 g/mol. The van der Waals surface area contributed by atoms with Crippen LogP contribution < -0.4 is 0 Å². The van der Waals surface area contributed by atoms with Crippen LogP contribution in [0.5, 0.6) is 0 Å². The molecule has 0 unspecified atom stereocenters. The first-order valence-corrected chi connectivity index (χ1v) is 9.25. The van der Waals surface area contributed by atoms with Gasteiger partial charge in [-0.1, -0.05) is 6.08 Å². The third-order valence-corrected chi connectivity index (χ3v) is 5.81. The zero-order valence-corrected chi connectivity index (χ0v) is 13.8. The number of nitrogens with zero attached hydrogens (tertiary/aromatic N) is 3. The number of piperidine rings is 1. The first kappa shape index (κ1) is 14.6. The van der Waals surface area contributed by atoms with Crippen LogP contribution >= 0.6 is 0 Å². The summed E-state index contributed by atoms with van der Waals surface area (Å²) in [6, 6.07) is 0. The molecule has 5 rings (SSSR count). The molecule has 1 aromatic rings. The predicted octanol–water partition coefficient (Wildman–Crippen LogP) is 2.74. The van der Waals surface area contributed by atoms with Gasteiger partial charge >= 0.3 is 0 Å². The third kappa shape index (κ3) is 2.57. The number of rotatable bonds is 3. The maximum atomic E-state index is 12.6. The molecule has 2 saturated heterocycles. The van der Waals surface area contributed by atoms with E-state index in [1.54, 1.807) is 0 Å². The Balaban J connectivity index is 1.25. The molecule has 6 heteroatoms. The maximum Gasteiger partial charge on any atom is 0.249 e. The standard InChI is InChI=1S/C18H23N3O3/c22-18(12-3-1-2-4-12)21-8-7-13-9-14(23-15(13)10-21)17-20-19-16(24-17)11-5-6-11/h3,11,13-15H,1-2,4-10H2/t13-,14+,15+/m1/s1. The first-order valence-electron chi connectivity index (χ1n) is 9.25. The lowest BCUT2D eigenvalue weighted by molar-refractivity contribution is -0.131. The van der Waals surface area contributed by atoms with E-state index in [0.717, 1.165) is 63.0 Å². The number of hydrogen-bond acceptors (Lipinski definition) is 5. The highest BCUT2D eigenvalue weighted by Gasteiger charge is 2.43. The molecule has 2 aliphatic carbocycles. The molecule has 128 valence electrons. The molecule has 0 N–H and O–H groups in total. The van der Waals surface area contributed by atoms with Crippen LogP contribution in [-0.4, -0.2) is 40.2 Å². The highest BCUT2D eigenvalue weighted by molar-refractivity contribution is 5.93. The van der Waals surface area contributed by atoms with Crippen LogP contribution in [0.4, 0.5) is 0 Å². The van der Waals surface area contributed by atoms with Gasteiger partial charge in [-0.2, -0.15) is 0 Å². The van der Waals surface area contributed by atoms with Crippen molar-refractivity contribution >= 4 is 5.91 Å². The highest BCUT2D eigenvalue weighted by Crippen LogP contribution is 2.43. The molecule has 0 radical (unpaired) electrons. The number of likely N-dealkylation sites (tertiary alicyclic amines) is 1. The van der Waals surface area contributed by atoms with Gasteiger partial charge in [-0.25, -0.2) is 0 Å². The Morgan fingerprint density at radius 3 is 2.88 bits per heavy atom. The normalized spacial score (nSPS) is 32.8. The van der Waals surface area contributed by atoms with Crippen molar-refractivity contribution in [1.29, 1.82) is 0 Å². The van der Waals surface area contributed by atoms with E-state index < -0.39 is 0 Å². The Bertz CT molecular complexity index is 679. The summed E-state index contributed by atoms with van der Waals surface area (Å²) in [4.78, 5) is 14.6. The van der Waals surface area contributed by atoms with Gasteiger partial charge in [0.05, 0.1) is 6.10 Å². The SMILES string of the molecule is O=C(C1=CCCC1)N1CC[C@@H]2C[C@@H](c3nnc(C4CC4)o3)O[C@H]2C1. The van der Waals surface area contributed by atoms with Gasteiger partial charge in [0.25, 0.3) is 0 Å². The lowest BCUT2D eigenvalue weighted by atomic mass is 9.91. The second kappa shape index (κ2) is 5.69. The minimum absolute atomic E-state index is 0.0965. The third-order valence-electron chi connectivity index (χ3n) is 5.81. The minimum Gasteiger partial charge on any atom is -0.422 e. The van der Waals surface area contributed by atoms with Crippen LogP contribution in [0, 0.1) is 5.92 Å². The van der Waals surface area contributed by atoms with Crippen LogP contribution in [0.25, 0.3) is 0 Å². The van der Waals surface area contributed by atoms with Crippen LogP contribution in [0.1, 0.15) is 68.7 Å². The summed E-state index contributed by atoms with van der Waals surface area (Å²) in [5, 5.41) is 8.37. The van der Waals surface area contributed by atoms with Crippen LogP contribution in [0.3, 0.4) is 0 Å². The van der Waals surface area contributed by atoms with E-state index in [2.05, 4.69) is 16.3 Å². The van der Waals surface area contributed by atoms with Crippen molar-refractivity contribution in [3.05, 3.63) is 23.4 Å². The molecule has 2 aliphatic heterocycles. The highest BCUT2D eigenvalue weighted by atomic mass is 16.5. The molecule has 24 heavy (non-hydrogen) atoms. The average Bonchev–Trinajstić information content (AvgIpc) is 3.06. The molecule has 0 spiro atoms. The fourth-order valence-electron chi connectivity index (χ4n) is 4.21. The largest absolute Gasteiger partial charge is 0.422 e. The Morgan fingerprint density at radius 2 is 2.08 bits per heavy atom. The van der Waals surface area contributed by atoms with Crippen molar-refractivity contribution in [2.24, 2.45) is 5.92 Å². The van der Waals surface area contributed by atoms with E-state index >= 15 is 0 Å². The monoisotopic (exact) mass is 329 g/mol. The van der Waals surface area contributed by atoms with E-state index in [0.29, 0.717) is 24.3 Å². The van der Waals surface area contributed by atoms with Gasteiger partial charge in [0.2, 0.25) is 17.7 Å². The lowest BCUT2D eigenvalue weighted by Crippen LogP contribution is -2.45. The van der Waals surface area contributed by atoms with Crippen LogP contribution in [0.2, 0.25) is 0 Å². The Kier molecular flexibility index (Phi) is 3.47. The van der Waals surface area contributed by atoms with Gasteiger partial charge < -0.3 is 14.1 Å². The van der Waals surface area contributed by atoms with Crippen LogP contribution in [0.15, 0.2) is 16.1 Å². The zero-order chi connectivity index (χ0) is 16.1. The number of fused-ring (bicyclic) bond motifs is 1. The summed E-state index contributed by atoms with van der Waals surface area (Å²) in [5.41, 5.74) is 0.994. The molecule has 4 aliphatic rings. The van der Waals surface area contributed by atoms with Crippen molar-refractivity contribution in [2.75, 3.05) is 13.1 Å². The average molecular weight is 329 g/mol. The molecule has 0 aromatic carbocycles. The summed E-state index contributed by atoms with van der Waals surface area (Å²) in [5.74, 6) is 2.58. The number of ether oxygens (including phenoxy) is 1. The molecule has 3 atom stereocenters. The Morgan fingerprint density at radius 1 is 1.21 bits per heavy atom. The van der Waals surface area contributed by atoms with E-state index in [-0.39, 0.29) is 18.1 Å². The first-order chi connectivity index (χ1) is 11.8. The van der Waals surface area contributed by atoms with Gasteiger partial charge in [-0.05, 0) is 50.9 Å². The number of aromatic nitrogens is 2.